The minimum Gasteiger partial charge on any atom is -0.369 e. The first-order valence-electron chi connectivity index (χ1n) is 8.46. The highest BCUT2D eigenvalue weighted by atomic mass is 19.4. The number of rotatable bonds is 3. The number of carbonyl (C=O) groups excluding carboxylic acids is 1. The minimum absolute atomic E-state index is 0.308. The number of alkyl halides is 3. The van der Waals surface area contributed by atoms with E-state index < -0.39 is 24.5 Å². The van der Waals surface area contributed by atoms with Gasteiger partial charge in [-0.2, -0.15) is 18.3 Å². The molecular weight excluding hydrogens is 363 g/mol. The van der Waals surface area contributed by atoms with Crippen molar-refractivity contribution in [1.29, 1.82) is 0 Å². The van der Waals surface area contributed by atoms with Crippen LogP contribution in [0.5, 0.6) is 0 Å². The van der Waals surface area contributed by atoms with E-state index in [1.165, 1.54) is 0 Å². The Morgan fingerprint density at radius 2 is 2.22 bits per heavy atom. The average Bonchev–Trinajstić information content (AvgIpc) is 3.14. The van der Waals surface area contributed by atoms with Crippen molar-refractivity contribution in [3.8, 4) is 0 Å². The number of carbonyl (C=O) groups is 1. The fourth-order valence-corrected chi connectivity index (χ4v) is 3.41. The topological polar surface area (TPSA) is 99.7 Å². The van der Waals surface area contributed by atoms with Gasteiger partial charge in [-0.3, -0.25) is 9.89 Å². The molecule has 4 rings (SSSR count). The Morgan fingerprint density at radius 3 is 3.04 bits per heavy atom. The summed E-state index contributed by atoms with van der Waals surface area (Å²) in [5.41, 5.74) is 1.74. The Labute approximate surface area is 151 Å². The molecule has 1 aliphatic rings. The van der Waals surface area contributed by atoms with Crippen LogP contribution in [0.4, 0.5) is 18.9 Å². The smallest absolute Gasteiger partial charge is 0.369 e. The van der Waals surface area contributed by atoms with E-state index in [0.717, 1.165) is 16.5 Å². The number of H-pyrrole nitrogens is 1. The fraction of sp³-hybridized carbons (Fsp3) is 0.438. The highest BCUT2D eigenvalue weighted by Crippen LogP contribution is 2.32. The van der Waals surface area contributed by atoms with E-state index in [9.17, 15) is 18.0 Å². The van der Waals surface area contributed by atoms with Gasteiger partial charge >= 0.3 is 6.18 Å². The van der Waals surface area contributed by atoms with Crippen molar-refractivity contribution in [2.75, 3.05) is 24.5 Å². The SMILES string of the molecule is O=C(NCC(F)(F)F)C1CCCN(c2cn[nH]c3nnc4nccc4c23)C1. The zero-order chi connectivity index (χ0) is 19.0. The number of aromatic amines is 1. The number of nitrogens with zero attached hydrogens (tertiary/aromatic N) is 5. The van der Waals surface area contributed by atoms with E-state index in [-0.39, 0.29) is 0 Å². The lowest BCUT2D eigenvalue weighted by atomic mass is 9.96. The molecule has 1 amide bonds. The van der Waals surface area contributed by atoms with E-state index in [1.807, 2.05) is 16.3 Å². The number of halogens is 3. The normalized spacial score (nSPS) is 18.2. The number of hydrogen-bond donors (Lipinski definition) is 2. The number of aromatic nitrogens is 5. The van der Waals surface area contributed by atoms with Gasteiger partial charge in [0, 0.05) is 24.7 Å². The Morgan fingerprint density at radius 1 is 1.37 bits per heavy atom. The molecule has 0 spiro atoms. The van der Waals surface area contributed by atoms with Crippen LogP contribution in [0.25, 0.3) is 22.1 Å². The summed E-state index contributed by atoms with van der Waals surface area (Å²) in [6, 6.07) is 1.82. The van der Waals surface area contributed by atoms with Crippen LogP contribution in [0.3, 0.4) is 0 Å². The van der Waals surface area contributed by atoms with E-state index in [4.69, 9.17) is 0 Å². The van der Waals surface area contributed by atoms with Gasteiger partial charge in [0.25, 0.3) is 0 Å². The molecule has 0 radical (unpaired) electrons. The van der Waals surface area contributed by atoms with E-state index in [0.29, 0.717) is 37.2 Å². The summed E-state index contributed by atoms with van der Waals surface area (Å²) in [7, 11) is 0. The molecule has 27 heavy (non-hydrogen) atoms. The Balaban J connectivity index is 1.62. The van der Waals surface area contributed by atoms with E-state index in [1.54, 1.807) is 12.4 Å². The summed E-state index contributed by atoms with van der Waals surface area (Å²) in [6.07, 6.45) is 0.0658. The van der Waals surface area contributed by atoms with Crippen LogP contribution in [-0.4, -0.2) is 57.1 Å². The first kappa shape index (κ1) is 17.4. The number of anilines is 1. The van der Waals surface area contributed by atoms with Crippen molar-refractivity contribution in [2.45, 2.75) is 19.0 Å². The quantitative estimate of drug-likeness (QED) is 0.720. The number of nitrogens with one attached hydrogen (secondary N) is 2. The molecule has 0 bridgehead atoms. The van der Waals surface area contributed by atoms with Gasteiger partial charge in [0.05, 0.1) is 23.2 Å². The van der Waals surface area contributed by atoms with E-state index in [2.05, 4.69) is 25.4 Å². The first-order valence-corrected chi connectivity index (χ1v) is 8.46. The predicted molar refractivity (Wildman–Crippen MR) is 91.0 cm³/mol. The molecule has 1 unspecified atom stereocenters. The van der Waals surface area contributed by atoms with Crippen molar-refractivity contribution in [3.05, 3.63) is 18.5 Å². The van der Waals surface area contributed by atoms with Crippen LogP contribution < -0.4 is 10.2 Å². The summed E-state index contributed by atoms with van der Waals surface area (Å²) in [4.78, 5) is 18.3. The maximum Gasteiger partial charge on any atom is 0.405 e. The lowest BCUT2D eigenvalue weighted by molar-refractivity contribution is -0.140. The average molecular weight is 379 g/mol. The molecule has 2 N–H and O–H groups in total. The van der Waals surface area contributed by atoms with Crippen LogP contribution >= 0.6 is 0 Å². The lowest BCUT2D eigenvalue weighted by Gasteiger charge is -2.34. The highest BCUT2D eigenvalue weighted by molar-refractivity contribution is 6.08. The van der Waals surface area contributed by atoms with Gasteiger partial charge in [-0.05, 0) is 18.9 Å². The number of piperidine rings is 1. The first-order chi connectivity index (χ1) is 12.9. The molecule has 1 atom stereocenters. The molecule has 0 aromatic carbocycles. The molecule has 0 aliphatic carbocycles. The second-order valence-electron chi connectivity index (χ2n) is 6.48. The van der Waals surface area contributed by atoms with Crippen LogP contribution in [0.1, 0.15) is 12.8 Å². The molecule has 3 aromatic rings. The maximum atomic E-state index is 12.4. The molecule has 11 heteroatoms. The minimum atomic E-state index is -4.42. The van der Waals surface area contributed by atoms with Crippen molar-refractivity contribution in [1.82, 2.24) is 30.7 Å². The van der Waals surface area contributed by atoms with Gasteiger partial charge < -0.3 is 10.2 Å². The molecule has 1 aliphatic heterocycles. The Bertz CT molecular complexity index is 987. The third-order valence-corrected chi connectivity index (χ3v) is 4.64. The number of hydrogen-bond acceptors (Lipinski definition) is 6. The molecule has 0 saturated carbocycles. The zero-order valence-electron chi connectivity index (χ0n) is 14.1. The molecule has 3 aromatic heterocycles. The van der Waals surface area contributed by atoms with Crippen LogP contribution in [0, 0.1) is 5.92 Å². The van der Waals surface area contributed by atoms with Crippen LogP contribution in [0.2, 0.25) is 0 Å². The van der Waals surface area contributed by atoms with Crippen molar-refractivity contribution < 1.29 is 18.0 Å². The van der Waals surface area contributed by atoms with Crippen molar-refractivity contribution >= 4 is 33.7 Å². The highest BCUT2D eigenvalue weighted by Gasteiger charge is 2.32. The molecule has 8 nitrogen and oxygen atoms in total. The third kappa shape index (κ3) is 3.49. The standard InChI is InChI=1S/C16H16F3N7O/c17-16(18,19)8-21-15(27)9-2-1-5-26(7-9)11-6-22-23-14-12(11)10-3-4-20-13(10)24-25-14/h3-4,6,9H,1-2,5,7-8H2,(H,21,27)(H,23,25). The summed E-state index contributed by atoms with van der Waals surface area (Å²) in [6.45, 7) is -0.341. The molecule has 1 saturated heterocycles. The summed E-state index contributed by atoms with van der Waals surface area (Å²) < 4.78 is 37.1. The summed E-state index contributed by atoms with van der Waals surface area (Å²) >= 11 is 0. The van der Waals surface area contributed by atoms with Crippen molar-refractivity contribution in [2.24, 2.45) is 5.92 Å². The van der Waals surface area contributed by atoms with Gasteiger partial charge in [-0.25, -0.2) is 4.98 Å². The van der Waals surface area contributed by atoms with Gasteiger partial charge in [-0.1, -0.05) is 0 Å². The van der Waals surface area contributed by atoms with Crippen molar-refractivity contribution in [3.63, 3.8) is 0 Å². The molecule has 4 heterocycles. The molecule has 1 fully saturated rings. The lowest BCUT2D eigenvalue weighted by Crippen LogP contribution is -2.45. The van der Waals surface area contributed by atoms with Crippen LogP contribution in [-0.2, 0) is 4.79 Å². The zero-order valence-corrected chi connectivity index (χ0v) is 14.1. The molecule has 142 valence electrons. The second kappa shape index (κ2) is 6.63. The summed E-state index contributed by atoms with van der Waals surface area (Å²) in [5.74, 6) is -1.11. The number of amides is 1. The van der Waals surface area contributed by atoms with Crippen LogP contribution in [0.15, 0.2) is 18.5 Å². The van der Waals surface area contributed by atoms with Gasteiger partial charge in [0.15, 0.2) is 11.3 Å². The predicted octanol–water partition coefficient (Wildman–Crippen LogP) is 1.80. The third-order valence-electron chi connectivity index (χ3n) is 4.64. The summed E-state index contributed by atoms with van der Waals surface area (Å²) in [5, 5.41) is 18.6. The fourth-order valence-electron chi connectivity index (χ4n) is 3.41. The van der Waals surface area contributed by atoms with Gasteiger partial charge in [0.2, 0.25) is 5.91 Å². The van der Waals surface area contributed by atoms with E-state index >= 15 is 0 Å². The maximum absolute atomic E-state index is 12.4. The van der Waals surface area contributed by atoms with Gasteiger partial charge in [-0.15, -0.1) is 10.2 Å². The second-order valence-corrected chi connectivity index (χ2v) is 6.48. The Kier molecular flexibility index (Phi) is 4.28. The molecular formula is C16H16F3N7O. The monoisotopic (exact) mass is 379 g/mol. The number of fused-ring (bicyclic) bond motifs is 3. The largest absolute Gasteiger partial charge is 0.405 e. The van der Waals surface area contributed by atoms with Gasteiger partial charge in [0.1, 0.15) is 6.54 Å². The Hall–Kier alpha value is -2.98.